The van der Waals surface area contributed by atoms with E-state index in [4.69, 9.17) is 9.52 Å². The number of nitrogens with zero attached hydrogens (tertiary/aromatic N) is 2. The quantitative estimate of drug-likeness (QED) is 0.615. The van der Waals surface area contributed by atoms with Crippen molar-refractivity contribution in [2.75, 3.05) is 13.2 Å². The third-order valence-corrected chi connectivity index (χ3v) is 2.90. The van der Waals surface area contributed by atoms with E-state index in [0.717, 1.165) is 19.4 Å². The fourth-order valence-electron chi connectivity index (χ4n) is 2.06. The van der Waals surface area contributed by atoms with Gasteiger partial charge in [-0.1, -0.05) is 0 Å². The average Bonchev–Trinajstić information content (AvgIpc) is 2.87. The molecule has 1 N–H and O–H groups in total. The molecule has 0 spiro atoms. The summed E-state index contributed by atoms with van der Waals surface area (Å²) >= 11 is 0. The minimum Gasteiger partial charge on any atom is -0.404 e. The van der Waals surface area contributed by atoms with Crippen LogP contribution in [0.1, 0.15) is 18.6 Å². The molecule has 6 nitrogen and oxygen atoms in total. The average molecular weight is 226 g/mol. The molecule has 0 amide bonds. The minimum absolute atomic E-state index is 0.128. The summed E-state index contributed by atoms with van der Waals surface area (Å²) in [5.74, 6) is 0.349. The Morgan fingerprint density at radius 3 is 3.06 bits per heavy atom. The van der Waals surface area contributed by atoms with Crippen LogP contribution in [0, 0.1) is 10.1 Å². The molecule has 1 saturated heterocycles. The Labute approximate surface area is 92.6 Å². The summed E-state index contributed by atoms with van der Waals surface area (Å²) in [5.41, 5.74) is 0. The molecular weight excluding hydrogens is 212 g/mol. The van der Waals surface area contributed by atoms with E-state index in [1.807, 2.05) is 0 Å². The summed E-state index contributed by atoms with van der Waals surface area (Å²) in [6.07, 6.45) is 2.02. The summed E-state index contributed by atoms with van der Waals surface area (Å²) < 4.78 is 5.08. The summed E-state index contributed by atoms with van der Waals surface area (Å²) in [7, 11) is 0. The highest BCUT2D eigenvalue weighted by Gasteiger charge is 2.25. The molecule has 0 saturated carbocycles. The largest absolute Gasteiger partial charge is 0.433 e. The standard InChI is InChI=1S/C10H14N2O4/c13-7-8-2-1-5-11(8)6-9-3-4-10(16-9)12(14)15/h3-4,8,13H,1-2,5-7H2. The molecule has 0 aromatic carbocycles. The topological polar surface area (TPSA) is 79.8 Å². The van der Waals surface area contributed by atoms with Crippen molar-refractivity contribution in [3.8, 4) is 0 Å². The molecule has 0 radical (unpaired) electrons. The van der Waals surface area contributed by atoms with Gasteiger partial charge in [-0.2, -0.15) is 0 Å². The lowest BCUT2D eigenvalue weighted by atomic mass is 10.2. The third kappa shape index (κ3) is 2.23. The number of rotatable bonds is 4. The molecule has 16 heavy (non-hydrogen) atoms. The number of furan rings is 1. The van der Waals surface area contributed by atoms with Gasteiger partial charge in [0.1, 0.15) is 10.7 Å². The predicted octanol–water partition coefficient (Wildman–Crippen LogP) is 1.14. The first kappa shape index (κ1) is 11.1. The maximum absolute atomic E-state index is 10.4. The van der Waals surface area contributed by atoms with Crippen LogP contribution in [0.15, 0.2) is 16.5 Å². The third-order valence-electron chi connectivity index (χ3n) is 2.90. The number of aliphatic hydroxyl groups is 1. The molecule has 0 bridgehead atoms. The first-order chi connectivity index (χ1) is 7.70. The summed E-state index contributed by atoms with van der Waals surface area (Å²) in [5, 5.41) is 19.6. The molecule has 0 aliphatic carbocycles. The van der Waals surface area contributed by atoms with E-state index in [9.17, 15) is 10.1 Å². The Hall–Kier alpha value is -1.40. The zero-order valence-electron chi connectivity index (χ0n) is 8.83. The number of likely N-dealkylation sites (tertiary alicyclic amines) is 1. The van der Waals surface area contributed by atoms with E-state index in [1.54, 1.807) is 6.07 Å². The summed E-state index contributed by atoms with van der Waals surface area (Å²) in [6.45, 7) is 1.56. The highest BCUT2D eigenvalue weighted by molar-refractivity contribution is 5.17. The maximum atomic E-state index is 10.4. The van der Waals surface area contributed by atoms with Crippen LogP contribution >= 0.6 is 0 Å². The minimum atomic E-state index is -0.545. The summed E-state index contributed by atoms with van der Waals surface area (Å²) in [4.78, 5) is 12.0. The van der Waals surface area contributed by atoms with Gasteiger partial charge >= 0.3 is 5.88 Å². The molecule has 1 atom stereocenters. The fraction of sp³-hybridized carbons (Fsp3) is 0.600. The highest BCUT2D eigenvalue weighted by Crippen LogP contribution is 2.22. The van der Waals surface area contributed by atoms with E-state index in [1.165, 1.54) is 6.07 Å². The van der Waals surface area contributed by atoms with E-state index >= 15 is 0 Å². The molecular formula is C10H14N2O4. The molecule has 2 rings (SSSR count). The molecule has 1 aromatic heterocycles. The van der Waals surface area contributed by atoms with Gasteiger partial charge in [0.2, 0.25) is 0 Å². The van der Waals surface area contributed by atoms with Crippen LogP contribution < -0.4 is 0 Å². The Bertz CT molecular complexity index is 377. The van der Waals surface area contributed by atoms with Crippen LogP contribution in [0.5, 0.6) is 0 Å². The Kier molecular flexibility index (Phi) is 3.21. The molecule has 2 heterocycles. The van der Waals surface area contributed by atoms with Gasteiger partial charge in [0.05, 0.1) is 19.2 Å². The zero-order chi connectivity index (χ0) is 11.5. The van der Waals surface area contributed by atoms with Crippen molar-refractivity contribution in [1.82, 2.24) is 4.90 Å². The lowest BCUT2D eigenvalue weighted by Crippen LogP contribution is -2.31. The number of hydrogen-bond donors (Lipinski definition) is 1. The zero-order valence-corrected chi connectivity index (χ0v) is 8.83. The van der Waals surface area contributed by atoms with E-state index in [2.05, 4.69) is 4.90 Å². The SMILES string of the molecule is O=[N+]([O-])c1ccc(CN2CCCC2CO)o1. The van der Waals surface area contributed by atoms with Crippen molar-refractivity contribution in [1.29, 1.82) is 0 Å². The first-order valence-corrected chi connectivity index (χ1v) is 5.28. The molecule has 6 heteroatoms. The van der Waals surface area contributed by atoms with Crippen LogP contribution in [0.4, 0.5) is 5.88 Å². The Balaban J connectivity index is 2.00. The lowest BCUT2D eigenvalue weighted by molar-refractivity contribution is -0.402. The maximum Gasteiger partial charge on any atom is 0.433 e. The van der Waals surface area contributed by atoms with E-state index < -0.39 is 4.92 Å². The van der Waals surface area contributed by atoms with Gasteiger partial charge in [0.15, 0.2) is 0 Å². The van der Waals surface area contributed by atoms with Crippen LogP contribution in [-0.2, 0) is 6.54 Å². The smallest absolute Gasteiger partial charge is 0.404 e. The molecule has 88 valence electrons. The predicted molar refractivity (Wildman–Crippen MR) is 55.9 cm³/mol. The Morgan fingerprint density at radius 1 is 1.62 bits per heavy atom. The highest BCUT2D eigenvalue weighted by atomic mass is 16.6. The van der Waals surface area contributed by atoms with Gasteiger partial charge in [-0.05, 0) is 25.5 Å². The van der Waals surface area contributed by atoms with Gasteiger partial charge in [0.25, 0.3) is 0 Å². The second-order valence-electron chi connectivity index (χ2n) is 3.95. The van der Waals surface area contributed by atoms with Gasteiger partial charge in [-0.25, -0.2) is 0 Å². The van der Waals surface area contributed by atoms with E-state index in [-0.39, 0.29) is 18.5 Å². The Morgan fingerprint density at radius 2 is 2.44 bits per heavy atom. The van der Waals surface area contributed by atoms with Crippen molar-refractivity contribution in [3.63, 3.8) is 0 Å². The number of nitro groups is 1. The number of aliphatic hydroxyl groups excluding tert-OH is 1. The lowest BCUT2D eigenvalue weighted by Gasteiger charge is -2.20. The van der Waals surface area contributed by atoms with Crippen LogP contribution in [0.2, 0.25) is 0 Å². The van der Waals surface area contributed by atoms with Crippen LogP contribution in [0.3, 0.4) is 0 Å². The van der Waals surface area contributed by atoms with Crippen molar-refractivity contribution in [2.45, 2.75) is 25.4 Å². The van der Waals surface area contributed by atoms with Gasteiger partial charge in [0, 0.05) is 6.04 Å². The second kappa shape index (κ2) is 4.63. The number of hydrogen-bond acceptors (Lipinski definition) is 5. The van der Waals surface area contributed by atoms with Gasteiger partial charge < -0.3 is 9.52 Å². The monoisotopic (exact) mass is 226 g/mol. The fourth-order valence-corrected chi connectivity index (χ4v) is 2.06. The molecule has 1 unspecified atom stereocenters. The second-order valence-corrected chi connectivity index (χ2v) is 3.95. The van der Waals surface area contributed by atoms with Gasteiger partial charge in [-0.3, -0.25) is 15.0 Å². The normalized spacial score (nSPS) is 21.4. The van der Waals surface area contributed by atoms with Crippen LogP contribution in [0.25, 0.3) is 0 Å². The van der Waals surface area contributed by atoms with Crippen molar-refractivity contribution in [3.05, 3.63) is 28.0 Å². The molecule has 1 aliphatic heterocycles. The van der Waals surface area contributed by atoms with Crippen molar-refractivity contribution < 1.29 is 14.4 Å². The molecule has 1 aliphatic rings. The van der Waals surface area contributed by atoms with Crippen molar-refractivity contribution in [2.24, 2.45) is 0 Å². The molecule has 1 aromatic rings. The first-order valence-electron chi connectivity index (χ1n) is 5.28. The summed E-state index contributed by atoms with van der Waals surface area (Å²) in [6, 6.07) is 3.13. The van der Waals surface area contributed by atoms with E-state index in [0.29, 0.717) is 12.3 Å². The molecule has 1 fully saturated rings. The van der Waals surface area contributed by atoms with Crippen molar-refractivity contribution >= 4 is 5.88 Å². The van der Waals surface area contributed by atoms with Crippen LogP contribution in [-0.4, -0.2) is 34.1 Å². The van der Waals surface area contributed by atoms with Gasteiger partial charge in [-0.15, -0.1) is 0 Å².